The van der Waals surface area contributed by atoms with Gasteiger partial charge < -0.3 is 15.2 Å². The highest BCUT2D eigenvalue weighted by Gasteiger charge is 2.19. The molecule has 33 heavy (non-hydrogen) atoms. The molecule has 6 heteroatoms. The van der Waals surface area contributed by atoms with E-state index in [4.69, 9.17) is 15.2 Å². The number of carbonyl (C=O) groups excluding carboxylic acids is 1. The highest BCUT2D eigenvalue weighted by Crippen LogP contribution is 2.28. The number of hydrogen-bond acceptors (Lipinski definition) is 5. The fraction of sp³-hybridized carbons (Fsp3) is 0.259. The van der Waals surface area contributed by atoms with E-state index in [2.05, 4.69) is 5.10 Å². The van der Waals surface area contributed by atoms with Crippen LogP contribution in [-0.4, -0.2) is 28.4 Å². The van der Waals surface area contributed by atoms with Crippen LogP contribution in [0.2, 0.25) is 0 Å². The summed E-state index contributed by atoms with van der Waals surface area (Å²) in [6, 6.07) is 22.9. The zero-order valence-electron chi connectivity index (χ0n) is 19.1. The van der Waals surface area contributed by atoms with Crippen LogP contribution in [0.25, 0.3) is 16.6 Å². The van der Waals surface area contributed by atoms with Crippen LogP contribution in [0.15, 0.2) is 79.0 Å². The molecule has 0 saturated heterocycles. The van der Waals surface area contributed by atoms with Gasteiger partial charge in [0.2, 0.25) is 0 Å². The average molecular weight is 444 g/mol. The number of ether oxygens (including phenoxy) is 2. The third-order valence-electron chi connectivity index (χ3n) is 5.28. The summed E-state index contributed by atoms with van der Waals surface area (Å²) in [5, 5.41) is 5.47. The van der Waals surface area contributed by atoms with Gasteiger partial charge in [0.15, 0.2) is 0 Å². The Morgan fingerprint density at radius 2 is 1.79 bits per heavy atom. The van der Waals surface area contributed by atoms with Gasteiger partial charge >= 0.3 is 5.97 Å². The van der Waals surface area contributed by atoms with E-state index in [1.807, 2.05) is 81.4 Å². The van der Waals surface area contributed by atoms with Crippen molar-refractivity contribution in [1.82, 2.24) is 9.78 Å². The lowest BCUT2D eigenvalue weighted by Gasteiger charge is -2.23. The molecule has 170 valence electrons. The Hall–Kier alpha value is -3.64. The van der Waals surface area contributed by atoms with Crippen molar-refractivity contribution in [2.45, 2.75) is 32.9 Å². The van der Waals surface area contributed by atoms with E-state index in [9.17, 15) is 4.79 Å². The second kappa shape index (κ2) is 9.88. The fourth-order valence-electron chi connectivity index (χ4n) is 3.65. The first kappa shape index (κ1) is 22.6. The molecule has 0 bridgehead atoms. The van der Waals surface area contributed by atoms with Gasteiger partial charge in [0.05, 0.1) is 29.6 Å². The Bertz CT molecular complexity index is 1230. The Kier molecular flexibility index (Phi) is 6.75. The maximum Gasteiger partial charge on any atom is 0.338 e. The van der Waals surface area contributed by atoms with Crippen LogP contribution in [0.4, 0.5) is 0 Å². The largest absolute Gasteiger partial charge is 0.484 e. The minimum Gasteiger partial charge on any atom is -0.484 e. The lowest BCUT2D eigenvalue weighted by molar-refractivity contribution is 0.0459. The minimum absolute atomic E-state index is 0.177. The second-order valence-electron chi connectivity index (χ2n) is 8.63. The normalized spacial score (nSPS) is 13.1. The van der Waals surface area contributed by atoms with Crippen molar-refractivity contribution in [2.24, 2.45) is 11.7 Å². The van der Waals surface area contributed by atoms with Crippen molar-refractivity contribution in [2.75, 3.05) is 6.61 Å². The van der Waals surface area contributed by atoms with Gasteiger partial charge in [0.25, 0.3) is 0 Å². The first-order chi connectivity index (χ1) is 15.9. The van der Waals surface area contributed by atoms with Crippen LogP contribution in [0.1, 0.15) is 42.8 Å². The quantitative estimate of drug-likeness (QED) is 0.374. The molecule has 0 aliphatic heterocycles. The summed E-state index contributed by atoms with van der Waals surface area (Å²) in [6.07, 6.45) is 1.53. The Labute approximate surface area is 193 Å². The smallest absolute Gasteiger partial charge is 0.338 e. The summed E-state index contributed by atoms with van der Waals surface area (Å²) in [5.41, 5.74) is 9.43. The molecule has 0 aliphatic carbocycles. The predicted octanol–water partition coefficient (Wildman–Crippen LogP) is 5.31. The zero-order chi connectivity index (χ0) is 23.4. The molecule has 6 nitrogen and oxygen atoms in total. The fourth-order valence-corrected chi connectivity index (χ4v) is 3.65. The number of benzene rings is 3. The molecule has 0 fully saturated rings. The summed E-state index contributed by atoms with van der Waals surface area (Å²) in [5.74, 6) is 0.673. The molecule has 2 atom stereocenters. The van der Waals surface area contributed by atoms with E-state index >= 15 is 0 Å². The first-order valence-electron chi connectivity index (χ1n) is 11.1. The van der Waals surface area contributed by atoms with E-state index in [1.165, 1.54) is 0 Å². The summed E-state index contributed by atoms with van der Waals surface area (Å²) in [6.45, 7) is 6.34. The van der Waals surface area contributed by atoms with Gasteiger partial charge in [-0.3, -0.25) is 0 Å². The van der Waals surface area contributed by atoms with Gasteiger partial charge in [0, 0.05) is 11.4 Å². The van der Waals surface area contributed by atoms with Crippen LogP contribution >= 0.6 is 0 Å². The van der Waals surface area contributed by atoms with Gasteiger partial charge in [-0.1, -0.05) is 50.2 Å². The summed E-state index contributed by atoms with van der Waals surface area (Å²) < 4.78 is 13.4. The lowest BCUT2D eigenvalue weighted by Crippen LogP contribution is -2.29. The molecular weight excluding hydrogens is 414 g/mol. The Morgan fingerprint density at radius 3 is 2.52 bits per heavy atom. The van der Waals surface area contributed by atoms with Crippen LogP contribution < -0.4 is 10.5 Å². The molecule has 4 aromatic rings. The number of rotatable bonds is 8. The number of carbonyl (C=O) groups is 1. The number of esters is 1. The van der Waals surface area contributed by atoms with Crippen molar-refractivity contribution >= 4 is 16.9 Å². The highest BCUT2D eigenvalue weighted by molar-refractivity contribution is 5.90. The third-order valence-corrected chi connectivity index (χ3v) is 5.28. The van der Waals surface area contributed by atoms with Crippen LogP contribution in [0.3, 0.4) is 0 Å². The molecule has 4 rings (SSSR count). The second-order valence-corrected chi connectivity index (χ2v) is 8.63. The molecule has 3 aromatic carbocycles. The molecule has 2 N–H and O–H groups in total. The van der Waals surface area contributed by atoms with Gasteiger partial charge in [-0.15, -0.1) is 0 Å². The predicted molar refractivity (Wildman–Crippen MR) is 130 cm³/mol. The number of hydrogen-bond donors (Lipinski definition) is 1. The molecule has 0 amide bonds. The molecule has 0 unspecified atom stereocenters. The molecule has 1 aromatic heterocycles. The van der Waals surface area contributed by atoms with Crippen LogP contribution in [0, 0.1) is 5.92 Å². The number of nitrogens with zero attached hydrogens (tertiary/aromatic N) is 2. The highest BCUT2D eigenvalue weighted by atomic mass is 16.5. The van der Waals surface area contributed by atoms with Gasteiger partial charge in [-0.05, 0) is 54.8 Å². The van der Waals surface area contributed by atoms with E-state index < -0.39 is 0 Å². The summed E-state index contributed by atoms with van der Waals surface area (Å²) in [7, 11) is 0. The number of fused-ring (bicyclic) bond motifs is 1. The lowest BCUT2D eigenvalue weighted by atomic mass is 10.0. The standard InChI is InChI=1S/C27H29N3O3/c1-18(2)17-32-27(31)21-10-7-11-23(14-21)30-25-13-12-24(15-22(25)16-29-30)33-26(19(3)28)20-8-5-4-6-9-20/h4-16,18-19,26H,17,28H2,1-3H3/t19-,26-/m0/s1. The summed E-state index contributed by atoms with van der Waals surface area (Å²) in [4.78, 5) is 12.4. The maximum atomic E-state index is 12.4. The molecule has 1 heterocycles. The van der Waals surface area contributed by atoms with Gasteiger partial charge in [0.1, 0.15) is 11.9 Å². The number of aromatic nitrogens is 2. The van der Waals surface area contributed by atoms with Crippen molar-refractivity contribution < 1.29 is 14.3 Å². The van der Waals surface area contributed by atoms with Crippen molar-refractivity contribution in [3.05, 3.63) is 90.1 Å². The van der Waals surface area contributed by atoms with Crippen molar-refractivity contribution in [3.8, 4) is 11.4 Å². The first-order valence-corrected chi connectivity index (χ1v) is 11.1. The van der Waals surface area contributed by atoms with Crippen LogP contribution in [0.5, 0.6) is 5.75 Å². The van der Waals surface area contributed by atoms with Gasteiger partial charge in [-0.25, -0.2) is 9.48 Å². The molecule has 0 radical (unpaired) electrons. The molecule has 0 spiro atoms. The van der Waals surface area contributed by atoms with E-state index in [-0.39, 0.29) is 24.0 Å². The average Bonchev–Trinajstić information content (AvgIpc) is 3.24. The summed E-state index contributed by atoms with van der Waals surface area (Å²) >= 11 is 0. The SMILES string of the molecule is CC(C)COC(=O)c1cccc(-n2ncc3cc(O[C@H](c4ccccc4)[C@H](C)N)ccc32)c1. The van der Waals surface area contributed by atoms with E-state index in [1.54, 1.807) is 23.0 Å². The third kappa shape index (κ3) is 5.23. The molecule has 0 aliphatic rings. The van der Waals surface area contributed by atoms with E-state index in [0.717, 1.165) is 27.9 Å². The molecule has 0 saturated carbocycles. The monoisotopic (exact) mass is 443 g/mol. The van der Waals surface area contributed by atoms with Crippen LogP contribution in [-0.2, 0) is 4.74 Å². The topological polar surface area (TPSA) is 79.4 Å². The maximum absolute atomic E-state index is 12.4. The number of nitrogens with two attached hydrogens (primary N) is 1. The Balaban J connectivity index is 1.59. The molecular formula is C27H29N3O3. The minimum atomic E-state index is -0.333. The van der Waals surface area contributed by atoms with Crippen molar-refractivity contribution in [1.29, 1.82) is 0 Å². The Morgan fingerprint density at radius 1 is 1.00 bits per heavy atom. The van der Waals surface area contributed by atoms with Gasteiger partial charge in [-0.2, -0.15) is 5.10 Å². The van der Waals surface area contributed by atoms with Crippen molar-refractivity contribution in [3.63, 3.8) is 0 Å². The van der Waals surface area contributed by atoms with E-state index in [0.29, 0.717) is 12.2 Å². The zero-order valence-corrected chi connectivity index (χ0v) is 19.1.